The summed E-state index contributed by atoms with van der Waals surface area (Å²) >= 11 is 0. The summed E-state index contributed by atoms with van der Waals surface area (Å²) in [5, 5.41) is 9.77. The summed E-state index contributed by atoms with van der Waals surface area (Å²) in [5.41, 5.74) is 0. The lowest BCUT2D eigenvalue weighted by molar-refractivity contribution is -0.870. The second-order valence-electron chi connectivity index (χ2n) is 28.4. The van der Waals surface area contributed by atoms with E-state index in [2.05, 4.69) is 160 Å². The highest BCUT2D eigenvalue weighted by atomic mass is 16.7. The average Bonchev–Trinajstić information content (AvgIpc) is 1.14. The largest absolute Gasteiger partial charge is 0.477 e. The number of quaternary nitrogens is 1. The first-order valence-electron chi connectivity index (χ1n) is 41.0. The molecule has 0 aliphatic rings. The Labute approximate surface area is 611 Å². The molecule has 9 heteroatoms. The van der Waals surface area contributed by atoms with Crippen LogP contribution in [-0.4, -0.2) is 87.4 Å². The summed E-state index contributed by atoms with van der Waals surface area (Å²) in [7, 11) is 5.96. The zero-order valence-corrected chi connectivity index (χ0v) is 64.9. The predicted molar refractivity (Wildman–Crippen MR) is 428 cm³/mol. The quantitative estimate of drug-likeness (QED) is 0.0211. The van der Waals surface area contributed by atoms with Crippen molar-refractivity contribution in [2.75, 3.05) is 47.5 Å². The third-order valence-corrected chi connectivity index (χ3v) is 17.6. The number of carboxylic acids is 1. The number of likely N-dealkylation sites (N-methyl/N-ethyl adjacent to an activating group) is 1. The molecule has 9 nitrogen and oxygen atoms in total. The molecule has 0 spiro atoms. The van der Waals surface area contributed by atoms with Crippen LogP contribution in [0.15, 0.2) is 146 Å². The molecule has 0 fully saturated rings. The van der Waals surface area contributed by atoms with Crippen molar-refractivity contribution in [3.05, 3.63) is 146 Å². The maximum atomic E-state index is 13.0. The van der Waals surface area contributed by atoms with Crippen molar-refractivity contribution < 1.29 is 42.9 Å². The lowest BCUT2D eigenvalue weighted by Gasteiger charge is -2.25. The van der Waals surface area contributed by atoms with E-state index in [1.54, 1.807) is 0 Å². The molecule has 99 heavy (non-hydrogen) atoms. The van der Waals surface area contributed by atoms with Gasteiger partial charge in [-0.2, -0.15) is 0 Å². The predicted octanol–water partition coefficient (Wildman–Crippen LogP) is 26.6. The Morgan fingerprint density at radius 3 is 0.859 bits per heavy atom. The Bertz CT molecular complexity index is 2150. The molecule has 0 aliphatic heterocycles. The molecule has 2 unspecified atom stereocenters. The fraction of sp³-hybridized carbons (Fsp3) is 0.700. The average molecular weight is 1380 g/mol. The zero-order valence-electron chi connectivity index (χ0n) is 64.9. The zero-order chi connectivity index (χ0) is 71.8. The maximum Gasteiger partial charge on any atom is 0.361 e. The second kappa shape index (κ2) is 78.9. The van der Waals surface area contributed by atoms with Crippen molar-refractivity contribution in [2.45, 2.75) is 360 Å². The number of aliphatic carboxylic acids is 1. The van der Waals surface area contributed by atoms with Crippen molar-refractivity contribution in [1.82, 2.24) is 0 Å². The van der Waals surface area contributed by atoms with Crippen LogP contribution in [-0.2, 0) is 33.3 Å². The van der Waals surface area contributed by atoms with Gasteiger partial charge in [-0.1, -0.05) is 378 Å². The number of unbranched alkanes of at least 4 members (excludes halogenated alkanes) is 36. The number of hydrogen-bond acceptors (Lipinski definition) is 7. The molecule has 0 aromatic carbocycles. The molecule has 0 rings (SSSR count). The van der Waals surface area contributed by atoms with Gasteiger partial charge in [-0.25, -0.2) is 4.79 Å². The SMILES string of the molecule is CC/C=C\C/C=C\C/C=C\C/C=C\C/C=C\C/C=C\C/C=C\C/C=C\C/C=C\C/C=C\C/C=C\C/C=C\CCCCC(=O)OC(COC(=O)CCCCCCCCCCCCCCCCCCCCCCCCCCCCCCCCCCCCC)COC(OCC[N+](C)(C)C)C(=O)O. The van der Waals surface area contributed by atoms with Crippen molar-refractivity contribution >= 4 is 17.9 Å². The van der Waals surface area contributed by atoms with Crippen LogP contribution < -0.4 is 0 Å². The molecule has 0 saturated heterocycles. The molecule has 0 heterocycles. The molecule has 0 amide bonds. The van der Waals surface area contributed by atoms with Crippen LogP contribution in [0.1, 0.15) is 348 Å². The Morgan fingerprint density at radius 1 is 0.313 bits per heavy atom. The van der Waals surface area contributed by atoms with Crippen LogP contribution >= 0.6 is 0 Å². The van der Waals surface area contributed by atoms with Gasteiger partial charge >= 0.3 is 17.9 Å². The number of carbonyl (C=O) groups excluding carboxylic acids is 2. The fourth-order valence-electron chi connectivity index (χ4n) is 11.4. The van der Waals surface area contributed by atoms with E-state index in [0.717, 1.165) is 109 Å². The summed E-state index contributed by atoms with van der Waals surface area (Å²) in [6, 6.07) is 0. The molecule has 566 valence electrons. The lowest BCUT2D eigenvalue weighted by atomic mass is 10.0. The van der Waals surface area contributed by atoms with Gasteiger partial charge in [0, 0.05) is 12.8 Å². The number of esters is 2. The number of allylic oxidation sites excluding steroid dienone is 24. The first kappa shape index (κ1) is 94.2. The fourth-order valence-corrected chi connectivity index (χ4v) is 11.4. The summed E-state index contributed by atoms with van der Waals surface area (Å²) in [6.45, 7) is 4.74. The molecule has 2 atom stereocenters. The van der Waals surface area contributed by atoms with Crippen molar-refractivity contribution in [3.63, 3.8) is 0 Å². The van der Waals surface area contributed by atoms with Crippen LogP contribution in [0.5, 0.6) is 0 Å². The van der Waals surface area contributed by atoms with Crippen LogP contribution in [0, 0.1) is 0 Å². The highest BCUT2D eigenvalue weighted by Crippen LogP contribution is 2.19. The number of ether oxygens (including phenoxy) is 4. The summed E-state index contributed by atoms with van der Waals surface area (Å²) in [6.07, 6.45) is 113. The van der Waals surface area contributed by atoms with Crippen LogP contribution in [0.3, 0.4) is 0 Å². The van der Waals surface area contributed by atoms with Gasteiger partial charge < -0.3 is 28.5 Å². The molecule has 0 radical (unpaired) electrons. The number of hydrogen-bond donors (Lipinski definition) is 1. The molecule has 0 aromatic heterocycles. The Morgan fingerprint density at radius 2 is 0.576 bits per heavy atom. The van der Waals surface area contributed by atoms with Crippen molar-refractivity contribution in [1.29, 1.82) is 0 Å². The molecule has 0 bridgehead atoms. The van der Waals surface area contributed by atoms with E-state index in [9.17, 15) is 19.5 Å². The molecule has 1 N–H and O–H groups in total. The van der Waals surface area contributed by atoms with E-state index in [0.29, 0.717) is 17.4 Å². The number of nitrogens with zero attached hydrogens (tertiary/aromatic N) is 1. The first-order valence-corrected chi connectivity index (χ1v) is 41.0. The van der Waals surface area contributed by atoms with E-state index in [1.807, 2.05) is 21.1 Å². The number of carboxylic acid groups (broad SMARTS) is 1. The minimum atomic E-state index is -1.53. The highest BCUT2D eigenvalue weighted by molar-refractivity contribution is 5.71. The molecule has 0 aliphatic carbocycles. The van der Waals surface area contributed by atoms with Gasteiger partial charge in [-0.05, 0) is 103 Å². The van der Waals surface area contributed by atoms with Gasteiger partial charge in [0.1, 0.15) is 13.2 Å². The summed E-state index contributed by atoms with van der Waals surface area (Å²) < 4.78 is 23.0. The van der Waals surface area contributed by atoms with Gasteiger partial charge in [0.2, 0.25) is 0 Å². The topological polar surface area (TPSA) is 108 Å². The van der Waals surface area contributed by atoms with Crippen LogP contribution in [0.2, 0.25) is 0 Å². The second-order valence-corrected chi connectivity index (χ2v) is 28.4. The molecule has 0 aromatic rings. The Hall–Kier alpha value is -4.83. The van der Waals surface area contributed by atoms with E-state index in [-0.39, 0.29) is 38.6 Å². The van der Waals surface area contributed by atoms with Gasteiger partial charge in [-0.15, -0.1) is 0 Å². The first-order chi connectivity index (χ1) is 48.6. The Kier molecular flexibility index (Phi) is 75.0. The highest BCUT2D eigenvalue weighted by Gasteiger charge is 2.25. The summed E-state index contributed by atoms with van der Waals surface area (Å²) in [4.78, 5) is 37.7. The number of rotatable bonds is 75. The molecular formula is C90H154NO8+. The minimum absolute atomic E-state index is 0.173. The van der Waals surface area contributed by atoms with E-state index < -0.39 is 24.3 Å². The maximum absolute atomic E-state index is 13.0. The van der Waals surface area contributed by atoms with Gasteiger partial charge in [0.15, 0.2) is 6.10 Å². The smallest absolute Gasteiger partial charge is 0.361 e. The number of carbonyl (C=O) groups is 3. The monoisotopic (exact) mass is 1380 g/mol. The van der Waals surface area contributed by atoms with Gasteiger partial charge in [0.25, 0.3) is 6.29 Å². The lowest BCUT2D eigenvalue weighted by Crippen LogP contribution is -2.40. The Balaban J connectivity index is 4.13. The van der Waals surface area contributed by atoms with E-state index in [4.69, 9.17) is 18.9 Å². The normalized spacial score (nSPS) is 13.4. The van der Waals surface area contributed by atoms with Gasteiger partial charge in [0.05, 0.1) is 34.4 Å². The van der Waals surface area contributed by atoms with Crippen LogP contribution in [0.25, 0.3) is 0 Å². The van der Waals surface area contributed by atoms with Crippen LogP contribution in [0.4, 0.5) is 0 Å². The van der Waals surface area contributed by atoms with E-state index >= 15 is 0 Å². The van der Waals surface area contributed by atoms with E-state index in [1.165, 1.54) is 205 Å². The minimum Gasteiger partial charge on any atom is -0.477 e. The summed E-state index contributed by atoms with van der Waals surface area (Å²) in [5.74, 6) is -2.06. The van der Waals surface area contributed by atoms with Crippen molar-refractivity contribution in [3.8, 4) is 0 Å². The van der Waals surface area contributed by atoms with Gasteiger partial charge in [-0.3, -0.25) is 9.59 Å². The molecule has 0 saturated carbocycles. The molecular weight excluding hydrogens is 1220 g/mol. The third-order valence-electron chi connectivity index (χ3n) is 17.6. The van der Waals surface area contributed by atoms with Crippen molar-refractivity contribution in [2.24, 2.45) is 0 Å². The third kappa shape index (κ3) is 80.4. The standard InChI is InChI=1S/C90H153NO8/c1-6-8-10-12-14-16-18-20-22-24-26-28-30-32-34-36-38-40-42-43-44-45-47-49-51-53-55-57-59-61-63-65-67-69-71-73-75-77-79-81-88(93)99-86(85-98-90(89(94)95)96-83-82-91(3,4)5)84-97-87(92)80-78-76-74-72-70-68-66-64-62-60-58-56-54-52-50-48-46-41-39-37-35-33-31-29-27-25-23-21-19-17-15-13-11-9-7-2/h8,10,14,16,20,22,26,28,32,34,38,40,43-44,47,49,53,55,59,61,65,67,71,73,86,90H,6-7,9,11-13,15,17-19,21,23-25,27,29-31,33,35-37,39,41-42,45-46,48,50-52,54,56-58,60,62-64,66,68-70,72,74-85H2,1-5H3/p+1/b10-8-,16-14-,22-20-,28-26-,34-32-,40-38-,44-43-,49-47-,55-53-,61-59-,67-65-,73-71-.